The average molecular weight is 544 g/mol. The summed E-state index contributed by atoms with van der Waals surface area (Å²) in [5.74, 6) is -2.92. The summed E-state index contributed by atoms with van der Waals surface area (Å²) in [6.07, 6.45) is 0.802. The zero-order chi connectivity index (χ0) is 28.5. The monoisotopic (exact) mass is 544 g/mol. The molecule has 1 aromatic rings. The minimum Gasteiger partial charge on any atom is -0.479 e. The largest absolute Gasteiger partial charge is 0.494 e. The number of ether oxygens (including phenoxy) is 2. The molecule has 0 saturated heterocycles. The number of hydrogen-bond acceptors (Lipinski definition) is 8. The summed E-state index contributed by atoms with van der Waals surface area (Å²) in [5, 5.41) is 32.3. The number of benzene rings is 1. The lowest BCUT2D eigenvalue weighted by Crippen LogP contribution is -2.63. The van der Waals surface area contributed by atoms with Gasteiger partial charge in [0.1, 0.15) is 12.2 Å². The van der Waals surface area contributed by atoms with Crippen molar-refractivity contribution < 1.29 is 43.3 Å². The van der Waals surface area contributed by atoms with E-state index in [1.165, 1.54) is 6.07 Å². The molecule has 1 aliphatic heterocycles. The first-order valence-corrected chi connectivity index (χ1v) is 13.8. The molecule has 9 atom stereocenters. The molecule has 39 heavy (non-hydrogen) atoms. The maximum atomic E-state index is 14.9. The molecular formula is C29H38BFO8. The van der Waals surface area contributed by atoms with Crippen LogP contribution >= 0.6 is 0 Å². The number of hydrogen-bond donors (Lipinski definition) is 3. The van der Waals surface area contributed by atoms with Gasteiger partial charge in [-0.3, -0.25) is 4.79 Å². The number of ketones is 1. The number of halogens is 1. The fourth-order valence-electron chi connectivity index (χ4n) is 8.18. The molecule has 3 N–H and O–H groups in total. The Balaban J connectivity index is 1.46. The average Bonchev–Trinajstić information content (AvgIpc) is 3.41. The van der Waals surface area contributed by atoms with Crippen LogP contribution in [0.1, 0.15) is 58.9 Å². The van der Waals surface area contributed by atoms with Crippen LogP contribution in [0, 0.1) is 39.8 Å². The number of aliphatic hydroxyl groups excluding tert-OH is 2. The molecular weight excluding hydrogens is 506 g/mol. The third-order valence-corrected chi connectivity index (χ3v) is 10.8. The molecule has 0 radical (unpaired) electrons. The van der Waals surface area contributed by atoms with E-state index in [1.54, 1.807) is 12.1 Å². The molecule has 0 amide bonds. The van der Waals surface area contributed by atoms with Crippen LogP contribution in [0.25, 0.3) is 0 Å². The number of rotatable bonds is 5. The van der Waals surface area contributed by atoms with Crippen molar-refractivity contribution in [3.8, 4) is 5.75 Å². The van der Waals surface area contributed by atoms with E-state index in [1.807, 2.05) is 27.7 Å². The third-order valence-electron chi connectivity index (χ3n) is 10.8. The Labute approximate surface area is 228 Å². The number of carbonyl (C=O) groups excluding carboxylic acids is 2. The van der Waals surface area contributed by atoms with E-state index >= 15 is 0 Å². The van der Waals surface area contributed by atoms with Gasteiger partial charge in [-0.05, 0) is 54.6 Å². The second-order valence-corrected chi connectivity index (χ2v) is 12.6. The first kappa shape index (κ1) is 28.3. The van der Waals surface area contributed by atoms with E-state index in [4.69, 9.17) is 14.1 Å². The van der Waals surface area contributed by atoms with Gasteiger partial charge in [0.25, 0.3) is 0 Å². The van der Waals surface area contributed by atoms with Crippen LogP contribution in [0.3, 0.4) is 0 Å². The summed E-state index contributed by atoms with van der Waals surface area (Å²) < 4.78 is 31.6. The van der Waals surface area contributed by atoms with E-state index in [0.717, 1.165) is 6.42 Å². The molecule has 1 unspecified atom stereocenters. The van der Waals surface area contributed by atoms with Crippen molar-refractivity contribution >= 4 is 24.3 Å². The Kier molecular flexibility index (Phi) is 7.02. The van der Waals surface area contributed by atoms with Crippen LogP contribution in [-0.2, 0) is 25.6 Å². The van der Waals surface area contributed by atoms with Crippen molar-refractivity contribution in [2.24, 2.45) is 34.0 Å². The highest BCUT2D eigenvalue weighted by Gasteiger charge is 2.70. The van der Waals surface area contributed by atoms with Crippen molar-refractivity contribution in [1.29, 1.82) is 0 Å². The van der Waals surface area contributed by atoms with Gasteiger partial charge in [0.05, 0.1) is 12.7 Å². The Hall–Kier alpha value is -2.27. The minimum atomic E-state index is -1.40. The van der Waals surface area contributed by atoms with E-state index in [2.05, 4.69) is 6.58 Å². The summed E-state index contributed by atoms with van der Waals surface area (Å²) in [6.45, 7) is 11.3. The summed E-state index contributed by atoms with van der Waals surface area (Å²) in [6, 6.07) is 2.95. The normalized spacial score (nSPS) is 41.3. The molecule has 4 aliphatic rings. The molecule has 1 aromatic carbocycles. The zero-order valence-corrected chi connectivity index (χ0v) is 23.0. The predicted octanol–water partition coefficient (Wildman–Crippen LogP) is 2.30. The predicted molar refractivity (Wildman–Crippen MR) is 140 cm³/mol. The van der Waals surface area contributed by atoms with E-state index < -0.39 is 66.0 Å². The van der Waals surface area contributed by atoms with E-state index in [-0.39, 0.29) is 48.3 Å². The van der Waals surface area contributed by atoms with Crippen LogP contribution in [0.4, 0.5) is 4.39 Å². The van der Waals surface area contributed by atoms with Crippen LogP contribution in [0.5, 0.6) is 5.75 Å². The van der Waals surface area contributed by atoms with Gasteiger partial charge in [0.15, 0.2) is 24.0 Å². The number of carbonyl (C=O) groups is 2. The number of Topliss-reactive ketones (excluding diaryl/α,β-unsaturated/α-hetero) is 1. The Morgan fingerprint density at radius 2 is 2.00 bits per heavy atom. The molecule has 3 saturated carbocycles. The van der Waals surface area contributed by atoms with Crippen molar-refractivity contribution in [2.45, 2.75) is 78.3 Å². The van der Waals surface area contributed by atoms with Gasteiger partial charge >= 0.3 is 13.1 Å². The molecule has 212 valence electrons. The molecule has 1 heterocycles. The maximum Gasteiger partial charge on any atom is 0.494 e. The summed E-state index contributed by atoms with van der Waals surface area (Å²) in [7, 11) is -1.40. The van der Waals surface area contributed by atoms with Gasteiger partial charge in [-0.1, -0.05) is 39.8 Å². The lowest BCUT2D eigenvalue weighted by atomic mass is 9.44. The van der Waals surface area contributed by atoms with E-state index in [9.17, 15) is 29.2 Å². The molecule has 3 aliphatic carbocycles. The van der Waals surface area contributed by atoms with Crippen LogP contribution in [0.2, 0.25) is 0 Å². The molecule has 10 heteroatoms. The van der Waals surface area contributed by atoms with Gasteiger partial charge in [0.2, 0.25) is 0 Å². The van der Waals surface area contributed by atoms with Gasteiger partial charge in [-0.15, -0.1) is 6.58 Å². The quantitative estimate of drug-likeness (QED) is 0.293. The first-order valence-electron chi connectivity index (χ1n) is 13.8. The maximum absolute atomic E-state index is 14.9. The molecule has 2 bridgehead atoms. The third kappa shape index (κ3) is 4.09. The highest BCUT2D eigenvalue weighted by Crippen LogP contribution is 2.68. The summed E-state index contributed by atoms with van der Waals surface area (Å²) in [5.41, 5.74) is -1.79. The van der Waals surface area contributed by atoms with Gasteiger partial charge in [-0.25, -0.2) is 9.18 Å². The number of aliphatic hydroxyl groups is 2. The summed E-state index contributed by atoms with van der Waals surface area (Å²) >= 11 is 0. The smallest absolute Gasteiger partial charge is 0.479 e. The van der Waals surface area contributed by atoms with Crippen LogP contribution in [-0.4, -0.2) is 59.0 Å². The van der Waals surface area contributed by atoms with Crippen LogP contribution < -0.4 is 10.2 Å². The Morgan fingerprint density at radius 3 is 2.69 bits per heavy atom. The molecule has 0 aromatic heterocycles. The second-order valence-electron chi connectivity index (χ2n) is 12.6. The fraction of sp³-hybridized carbons (Fsp3) is 0.655. The van der Waals surface area contributed by atoms with Crippen molar-refractivity contribution in [3.63, 3.8) is 0 Å². The molecule has 8 nitrogen and oxygen atoms in total. The molecule has 0 spiro atoms. The second kappa shape index (κ2) is 9.68. The van der Waals surface area contributed by atoms with Gasteiger partial charge < -0.3 is 29.4 Å². The Morgan fingerprint density at radius 1 is 1.28 bits per heavy atom. The SMILES string of the molecule is C=C[C@]1(C)C[C@@H](OC(=O)COc2ccc3c(c2F)B(O)OC3)[C@]2(C)[C@H](C)CC[C@]3(CC(O)C(=O)[C@H]32)[C@@H](C)[C@@H]1O. The Bertz CT molecular complexity index is 1190. The van der Waals surface area contributed by atoms with Crippen LogP contribution in [0.15, 0.2) is 24.8 Å². The number of fused-ring (bicyclic) bond motifs is 1. The fourth-order valence-corrected chi connectivity index (χ4v) is 8.18. The number of esters is 1. The first-order chi connectivity index (χ1) is 18.3. The zero-order valence-electron chi connectivity index (χ0n) is 23.0. The van der Waals surface area contributed by atoms with Crippen molar-refractivity contribution in [1.82, 2.24) is 0 Å². The molecule has 5 rings (SSSR count). The van der Waals surface area contributed by atoms with Crippen molar-refractivity contribution in [3.05, 3.63) is 36.2 Å². The van der Waals surface area contributed by atoms with Gasteiger partial charge in [-0.2, -0.15) is 0 Å². The standard InChI is InChI=1S/C29H38BFO8/c1-6-27(4)12-20(39-21(33)14-37-19-8-7-17-13-38-30(36)22(17)23(19)31)28(5)15(2)9-10-29(16(3)26(27)35)11-18(32)24(34)25(28)29/h6-8,15-16,18,20,25-26,32,35-36H,1,9-14H2,2-5H3/t15-,16+,18?,20-,25+,26+,27-,28+,29+/m1/s1. The molecule has 3 fully saturated rings. The van der Waals surface area contributed by atoms with E-state index in [0.29, 0.717) is 12.0 Å². The highest BCUT2D eigenvalue weighted by atomic mass is 19.1. The lowest BCUT2D eigenvalue weighted by molar-refractivity contribution is -0.207. The summed E-state index contributed by atoms with van der Waals surface area (Å²) in [4.78, 5) is 26.8. The topological polar surface area (TPSA) is 123 Å². The highest BCUT2D eigenvalue weighted by molar-refractivity contribution is 6.61. The lowest BCUT2D eigenvalue weighted by Gasteiger charge is -2.61. The van der Waals surface area contributed by atoms with Crippen molar-refractivity contribution in [2.75, 3.05) is 6.61 Å². The van der Waals surface area contributed by atoms with Gasteiger partial charge in [0, 0.05) is 22.2 Å². The minimum absolute atomic E-state index is 0.0103.